The van der Waals surface area contributed by atoms with E-state index >= 15 is 0 Å². The molecule has 19 heavy (non-hydrogen) atoms. The summed E-state index contributed by atoms with van der Waals surface area (Å²) in [7, 11) is 2.15. The third kappa shape index (κ3) is 2.30. The highest BCUT2D eigenvalue weighted by atomic mass is 15.0. The SMILES string of the molecule is Cc1c(C(C)CN)n(C)c2ccc(C(C)(C)C)cc12. The van der Waals surface area contributed by atoms with E-state index in [0.717, 1.165) is 0 Å². The first-order valence-corrected chi connectivity index (χ1v) is 7.06. The topological polar surface area (TPSA) is 30.9 Å². The Balaban J connectivity index is 2.71. The minimum Gasteiger partial charge on any atom is -0.347 e. The van der Waals surface area contributed by atoms with Crippen molar-refractivity contribution in [2.75, 3.05) is 6.54 Å². The molecule has 0 aliphatic rings. The van der Waals surface area contributed by atoms with Crippen molar-refractivity contribution in [3.8, 4) is 0 Å². The molecule has 0 fully saturated rings. The van der Waals surface area contributed by atoms with Crippen LogP contribution in [0.25, 0.3) is 10.9 Å². The lowest BCUT2D eigenvalue weighted by molar-refractivity contribution is 0.591. The summed E-state index contributed by atoms with van der Waals surface area (Å²) in [6.45, 7) is 11.9. The van der Waals surface area contributed by atoms with Crippen LogP contribution in [0.3, 0.4) is 0 Å². The number of hydrogen-bond acceptors (Lipinski definition) is 1. The summed E-state index contributed by atoms with van der Waals surface area (Å²) in [4.78, 5) is 0. The van der Waals surface area contributed by atoms with Gasteiger partial charge in [-0.1, -0.05) is 33.8 Å². The van der Waals surface area contributed by atoms with Crippen LogP contribution < -0.4 is 5.73 Å². The maximum atomic E-state index is 5.85. The van der Waals surface area contributed by atoms with E-state index in [9.17, 15) is 0 Å². The van der Waals surface area contributed by atoms with Crippen LogP contribution in [0.4, 0.5) is 0 Å². The van der Waals surface area contributed by atoms with Gasteiger partial charge in [0.1, 0.15) is 0 Å². The summed E-state index contributed by atoms with van der Waals surface area (Å²) in [6, 6.07) is 6.84. The van der Waals surface area contributed by atoms with Crippen LogP contribution in [-0.4, -0.2) is 11.1 Å². The van der Waals surface area contributed by atoms with Crippen LogP contribution in [0, 0.1) is 6.92 Å². The van der Waals surface area contributed by atoms with Crippen LogP contribution in [0.1, 0.15) is 50.4 Å². The molecule has 0 saturated carbocycles. The highest BCUT2D eigenvalue weighted by Gasteiger charge is 2.19. The summed E-state index contributed by atoms with van der Waals surface area (Å²) < 4.78 is 2.30. The molecule has 0 aliphatic carbocycles. The van der Waals surface area contributed by atoms with Gasteiger partial charge in [-0.2, -0.15) is 0 Å². The van der Waals surface area contributed by atoms with Gasteiger partial charge in [0.05, 0.1) is 0 Å². The Labute approximate surface area is 116 Å². The zero-order valence-corrected chi connectivity index (χ0v) is 13.0. The van der Waals surface area contributed by atoms with E-state index in [1.54, 1.807) is 0 Å². The largest absolute Gasteiger partial charge is 0.347 e. The molecule has 2 heteroatoms. The fraction of sp³-hybridized carbons (Fsp3) is 0.529. The predicted octanol–water partition coefficient (Wildman–Crippen LogP) is 3.85. The van der Waals surface area contributed by atoms with Crippen molar-refractivity contribution in [2.45, 2.75) is 46.0 Å². The molecule has 104 valence electrons. The molecule has 0 radical (unpaired) electrons. The monoisotopic (exact) mass is 258 g/mol. The van der Waals surface area contributed by atoms with E-state index in [1.807, 2.05) is 0 Å². The van der Waals surface area contributed by atoms with Gasteiger partial charge in [0.25, 0.3) is 0 Å². The molecular weight excluding hydrogens is 232 g/mol. The van der Waals surface area contributed by atoms with Crippen molar-refractivity contribution >= 4 is 10.9 Å². The Kier molecular flexibility index (Phi) is 3.48. The quantitative estimate of drug-likeness (QED) is 0.871. The summed E-state index contributed by atoms with van der Waals surface area (Å²) in [5.41, 5.74) is 11.5. The lowest BCUT2D eigenvalue weighted by Gasteiger charge is -2.19. The third-order valence-electron chi connectivity index (χ3n) is 4.19. The number of fused-ring (bicyclic) bond motifs is 1. The van der Waals surface area contributed by atoms with Crippen molar-refractivity contribution in [3.05, 3.63) is 35.0 Å². The molecule has 0 bridgehead atoms. The van der Waals surface area contributed by atoms with Crippen LogP contribution in [-0.2, 0) is 12.5 Å². The molecule has 2 N–H and O–H groups in total. The fourth-order valence-electron chi connectivity index (χ4n) is 2.93. The molecule has 2 nitrogen and oxygen atoms in total. The number of aryl methyl sites for hydroxylation is 2. The zero-order chi connectivity index (χ0) is 14.4. The molecule has 2 rings (SSSR count). The second kappa shape index (κ2) is 4.68. The lowest BCUT2D eigenvalue weighted by Crippen LogP contribution is -2.13. The summed E-state index contributed by atoms with van der Waals surface area (Å²) >= 11 is 0. The van der Waals surface area contributed by atoms with Crippen molar-refractivity contribution < 1.29 is 0 Å². The molecule has 1 atom stereocenters. The minimum absolute atomic E-state index is 0.191. The Bertz CT molecular complexity index is 600. The molecule has 0 aliphatic heterocycles. The van der Waals surface area contributed by atoms with Gasteiger partial charge in [-0.05, 0) is 35.6 Å². The number of hydrogen-bond donors (Lipinski definition) is 1. The van der Waals surface area contributed by atoms with Gasteiger partial charge in [-0.15, -0.1) is 0 Å². The molecule has 1 aromatic carbocycles. The highest BCUT2D eigenvalue weighted by molar-refractivity contribution is 5.86. The molecular formula is C17H26N2. The van der Waals surface area contributed by atoms with E-state index in [1.165, 1.54) is 27.7 Å². The second-order valence-corrected chi connectivity index (χ2v) is 6.69. The van der Waals surface area contributed by atoms with E-state index in [-0.39, 0.29) is 5.41 Å². The molecule has 1 unspecified atom stereocenters. The van der Waals surface area contributed by atoms with E-state index in [4.69, 9.17) is 5.73 Å². The second-order valence-electron chi connectivity index (χ2n) is 6.69. The van der Waals surface area contributed by atoms with Crippen LogP contribution in [0.15, 0.2) is 18.2 Å². The molecule has 0 spiro atoms. The number of nitrogens with zero attached hydrogens (tertiary/aromatic N) is 1. The lowest BCUT2D eigenvalue weighted by atomic mass is 9.86. The molecule has 2 aromatic rings. The predicted molar refractivity (Wildman–Crippen MR) is 83.8 cm³/mol. The van der Waals surface area contributed by atoms with Crippen molar-refractivity contribution in [1.29, 1.82) is 0 Å². The number of benzene rings is 1. The first kappa shape index (κ1) is 14.1. The highest BCUT2D eigenvalue weighted by Crippen LogP contribution is 2.33. The number of rotatable bonds is 2. The van der Waals surface area contributed by atoms with E-state index in [2.05, 4.69) is 64.4 Å². The van der Waals surface area contributed by atoms with Gasteiger partial charge in [-0.3, -0.25) is 0 Å². The van der Waals surface area contributed by atoms with E-state index in [0.29, 0.717) is 12.5 Å². The Morgan fingerprint density at radius 3 is 2.42 bits per heavy atom. The van der Waals surface area contributed by atoms with E-state index < -0.39 is 0 Å². The van der Waals surface area contributed by atoms with Gasteiger partial charge in [0, 0.05) is 36.1 Å². The van der Waals surface area contributed by atoms with Crippen molar-refractivity contribution in [1.82, 2.24) is 4.57 Å². The summed E-state index contributed by atoms with van der Waals surface area (Å²) in [5.74, 6) is 0.399. The Morgan fingerprint density at radius 1 is 1.26 bits per heavy atom. The molecule has 1 aromatic heterocycles. The van der Waals surface area contributed by atoms with Crippen LogP contribution in [0.5, 0.6) is 0 Å². The maximum Gasteiger partial charge on any atom is 0.0482 e. The summed E-state index contributed by atoms with van der Waals surface area (Å²) in [5, 5.41) is 1.37. The standard InChI is InChI=1S/C17H26N2/c1-11(10-18)16-12(2)14-9-13(17(3,4)5)7-8-15(14)19(16)6/h7-9,11H,10,18H2,1-6H3. The molecule has 0 saturated heterocycles. The first-order chi connectivity index (χ1) is 8.77. The zero-order valence-electron chi connectivity index (χ0n) is 13.0. The molecule has 1 heterocycles. The Hall–Kier alpha value is -1.28. The smallest absolute Gasteiger partial charge is 0.0482 e. The fourth-order valence-corrected chi connectivity index (χ4v) is 2.93. The minimum atomic E-state index is 0.191. The average molecular weight is 258 g/mol. The van der Waals surface area contributed by atoms with Crippen LogP contribution >= 0.6 is 0 Å². The van der Waals surface area contributed by atoms with Gasteiger partial charge in [-0.25, -0.2) is 0 Å². The van der Waals surface area contributed by atoms with Gasteiger partial charge < -0.3 is 10.3 Å². The summed E-state index contributed by atoms with van der Waals surface area (Å²) in [6.07, 6.45) is 0. The van der Waals surface area contributed by atoms with Gasteiger partial charge in [0.2, 0.25) is 0 Å². The molecule has 0 amide bonds. The first-order valence-electron chi connectivity index (χ1n) is 7.06. The third-order valence-corrected chi connectivity index (χ3v) is 4.19. The maximum absolute atomic E-state index is 5.85. The normalized spacial score (nSPS) is 14.1. The van der Waals surface area contributed by atoms with Gasteiger partial charge in [0.15, 0.2) is 0 Å². The Morgan fingerprint density at radius 2 is 1.89 bits per heavy atom. The van der Waals surface area contributed by atoms with Crippen LogP contribution in [0.2, 0.25) is 0 Å². The van der Waals surface area contributed by atoms with Crippen molar-refractivity contribution in [3.63, 3.8) is 0 Å². The van der Waals surface area contributed by atoms with Gasteiger partial charge >= 0.3 is 0 Å². The van der Waals surface area contributed by atoms with Crippen molar-refractivity contribution in [2.24, 2.45) is 12.8 Å². The number of nitrogens with two attached hydrogens (primary N) is 1. The average Bonchev–Trinajstić information content (AvgIpc) is 2.60. The number of aromatic nitrogens is 1.